The predicted octanol–water partition coefficient (Wildman–Crippen LogP) is 1.91. The van der Waals surface area contributed by atoms with Crippen LogP contribution in [0.25, 0.3) is 0 Å². The van der Waals surface area contributed by atoms with Crippen LogP contribution >= 0.6 is 0 Å². The van der Waals surface area contributed by atoms with Gasteiger partial charge in [-0.2, -0.15) is 0 Å². The van der Waals surface area contributed by atoms with Crippen LogP contribution in [0.4, 0.5) is 10.2 Å². The summed E-state index contributed by atoms with van der Waals surface area (Å²) in [6.45, 7) is 2.83. The van der Waals surface area contributed by atoms with Crippen LogP contribution in [0.3, 0.4) is 0 Å². The van der Waals surface area contributed by atoms with E-state index in [0.717, 1.165) is 5.56 Å². The van der Waals surface area contributed by atoms with E-state index in [0.29, 0.717) is 43.9 Å². The van der Waals surface area contributed by atoms with Crippen molar-refractivity contribution in [2.75, 3.05) is 18.4 Å². The lowest BCUT2D eigenvalue weighted by atomic mass is 9.94. The van der Waals surface area contributed by atoms with Gasteiger partial charge in [0.1, 0.15) is 17.6 Å². The van der Waals surface area contributed by atoms with Gasteiger partial charge in [0.15, 0.2) is 5.82 Å². The molecule has 154 valence electrons. The zero-order valence-electron chi connectivity index (χ0n) is 16.2. The molecule has 29 heavy (non-hydrogen) atoms. The number of hydrazine groups is 1. The number of nitrogens with zero attached hydrogens (tertiary/aromatic N) is 2. The van der Waals surface area contributed by atoms with Crippen LogP contribution in [0.1, 0.15) is 36.6 Å². The highest BCUT2D eigenvalue weighted by atomic mass is 19.1. The van der Waals surface area contributed by atoms with Crippen LogP contribution in [0.5, 0.6) is 0 Å². The molecular formula is C20H24FN5O3. The van der Waals surface area contributed by atoms with E-state index in [4.69, 9.17) is 4.52 Å². The first kappa shape index (κ1) is 19.5. The molecule has 2 fully saturated rings. The summed E-state index contributed by atoms with van der Waals surface area (Å²) in [4.78, 5) is 27.0. The van der Waals surface area contributed by atoms with Gasteiger partial charge in [-0.15, -0.1) is 0 Å². The number of benzene rings is 1. The molecule has 2 saturated heterocycles. The maximum absolute atomic E-state index is 13.1. The third kappa shape index (κ3) is 4.46. The van der Waals surface area contributed by atoms with Gasteiger partial charge in [0.05, 0.1) is 0 Å². The number of amides is 2. The Morgan fingerprint density at radius 3 is 2.59 bits per heavy atom. The quantitative estimate of drug-likeness (QED) is 0.724. The average molecular weight is 401 g/mol. The standard InChI is InChI=1S/C20H24FN5O3/c1-12-10-18(25-29-12)22-19(27)14-6-8-26(9-7-14)20(28)17-11-16(23-24-17)13-2-4-15(21)5-3-13/h2-5,10,14,16-17,23-24H,6-9,11H2,1H3,(H,22,25,27). The molecule has 1 aromatic carbocycles. The highest BCUT2D eigenvalue weighted by Crippen LogP contribution is 2.25. The second kappa shape index (κ2) is 8.30. The molecule has 0 saturated carbocycles. The van der Waals surface area contributed by atoms with Crippen molar-refractivity contribution < 1.29 is 18.5 Å². The summed E-state index contributed by atoms with van der Waals surface area (Å²) in [7, 11) is 0. The summed E-state index contributed by atoms with van der Waals surface area (Å²) in [6.07, 6.45) is 1.81. The van der Waals surface area contributed by atoms with Crippen molar-refractivity contribution in [2.45, 2.75) is 38.3 Å². The molecule has 0 bridgehead atoms. The van der Waals surface area contributed by atoms with Gasteiger partial charge in [0, 0.05) is 31.1 Å². The Hall–Kier alpha value is -2.78. The summed E-state index contributed by atoms with van der Waals surface area (Å²) in [6, 6.07) is 7.58. The molecule has 8 nitrogen and oxygen atoms in total. The number of rotatable bonds is 4. The minimum Gasteiger partial charge on any atom is -0.360 e. The summed E-state index contributed by atoms with van der Waals surface area (Å²) in [5, 5.41) is 6.54. The molecule has 2 aromatic rings. The van der Waals surface area contributed by atoms with Crippen molar-refractivity contribution in [3.8, 4) is 0 Å². The van der Waals surface area contributed by atoms with E-state index in [1.807, 2.05) is 0 Å². The third-order valence-electron chi connectivity index (χ3n) is 5.53. The van der Waals surface area contributed by atoms with Crippen molar-refractivity contribution in [3.63, 3.8) is 0 Å². The topological polar surface area (TPSA) is 99.5 Å². The van der Waals surface area contributed by atoms with Gasteiger partial charge in [-0.1, -0.05) is 17.3 Å². The molecule has 1 aromatic heterocycles. The fraction of sp³-hybridized carbons (Fsp3) is 0.450. The van der Waals surface area contributed by atoms with Crippen molar-refractivity contribution in [1.29, 1.82) is 0 Å². The molecule has 9 heteroatoms. The fourth-order valence-corrected chi connectivity index (χ4v) is 3.87. The summed E-state index contributed by atoms with van der Waals surface area (Å²) in [5.41, 5.74) is 7.11. The Morgan fingerprint density at radius 1 is 1.21 bits per heavy atom. The molecule has 0 aliphatic carbocycles. The second-order valence-corrected chi connectivity index (χ2v) is 7.59. The van der Waals surface area contributed by atoms with E-state index < -0.39 is 0 Å². The second-order valence-electron chi connectivity index (χ2n) is 7.59. The molecule has 0 spiro atoms. The summed E-state index contributed by atoms with van der Waals surface area (Å²) < 4.78 is 18.1. The van der Waals surface area contributed by atoms with Crippen molar-refractivity contribution in [3.05, 3.63) is 47.5 Å². The van der Waals surface area contributed by atoms with E-state index in [1.54, 1.807) is 30.0 Å². The maximum Gasteiger partial charge on any atom is 0.241 e. The van der Waals surface area contributed by atoms with Gasteiger partial charge < -0.3 is 14.7 Å². The number of carbonyl (C=O) groups excluding carboxylic acids is 2. The molecule has 4 rings (SSSR count). The fourth-order valence-electron chi connectivity index (χ4n) is 3.87. The smallest absolute Gasteiger partial charge is 0.241 e. The Balaban J connectivity index is 1.27. The first-order valence-electron chi connectivity index (χ1n) is 9.79. The lowest BCUT2D eigenvalue weighted by molar-refractivity contribution is -0.136. The van der Waals surface area contributed by atoms with E-state index in [-0.39, 0.29) is 35.6 Å². The number of likely N-dealkylation sites (tertiary alicyclic amines) is 1. The first-order valence-corrected chi connectivity index (χ1v) is 9.79. The molecule has 2 unspecified atom stereocenters. The number of piperidine rings is 1. The monoisotopic (exact) mass is 401 g/mol. The minimum atomic E-state index is -0.339. The zero-order chi connectivity index (χ0) is 20.4. The van der Waals surface area contributed by atoms with Crippen LogP contribution in [-0.4, -0.2) is 41.0 Å². The lowest BCUT2D eigenvalue weighted by Crippen LogP contribution is -2.49. The normalized spacial score (nSPS) is 22.6. The van der Waals surface area contributed by atoms with Crippen LogP contribution in [0.15, 0.2) is 34.9 Å². The molecule has 0 radical (unpaired) electrons. The van der Waals surface area contributed by atoms with Gasteiger partial charge in [-0.05, 0) is 43.9 Å². The number of halogens is 1. The van der Waals surface area contributed by atoms with Crippen LogP contribution in [-0.2, 0) is 9.59 Å². The Bertz CT molecular complexity index is 876. The molecule has 3 N–H and O–H groups in total. The Labute approximate surface area is 167 Å². The number of carbonyl (C=O) groups is 2. The van der Waals surface area contributed by atoms with E-state index in [2.05, 4.69) is 21.3 Å². The molecular weight excluding hydrogens is 377 g/mol. The SMILES string of the molecule is Cc1cc(NC(=O)C2CCN(C(=O)C3CC(c4ccc(F)cc4)NN3)CC2)no1. The molecule has 2 aliphatic heterocycles. The highest BCUT2D eigenvalue weighted by molar-refractivity contribution is 5.92. The molecule has 2 atom stereocenters. The number of anilines is 1. The van der Waals surface area contributed by atoms with Crippen molar-refractivity contribution in [2.24, 2.45) is 5.92 Å². The predicted molar refractivity (Wildman–Crippen MR) is 103 cm³/mol. The number of aromatic nitrogens is 1. The van der Waals surface area contributed by atoms with Crippen molar-refractivity contribution in [1.82, 2.24) is 20.9 Å². The largest absolute Gasteiger partial charge is 0.360 e. The highest BCUT2D eigenvalue weighted by Gasteiger charge is 2.35. The van der Waals surface area contributed by atoms with E-state index >= 15 is 0 Å². The van der Waals surface area contributed by atoms with Crippen LogP contribution in [0.2, 0.25) is 0 Å². The summed E-state index contributed by atoms with van der Waals surface area (Å²) >= 11 is 0. The number of hydrogen-bond acceptors (Lipinski definition) is 6. The van der Waals surface area contributed by atoms with Crippen LogP contribution in [0, 0.1) is 18.7 Å². The number of aryl methyl sites for hydroxylation is 1. The number of nitrogens with one attached hydrogen (secondary N) is 3. The Morgan fingerprint density at radius 2 is 1.93 bits per heavy atom. The van der Waals surface area contributed by atoms with Crippen molar-refractivity contribution >= 4 is 17.6 Å². The zero-order valence-corrected chi connectivity index (χ0v) is 16.2. The molecule has 3 heterocycles. The maximum atomic E-state index is 13.1. The average Bonchev–Trinajstić information content (AvgIpc) is 3.37. The van der Waals surface area contributed by atoms with Gasteiger partial charge >= 0.3 is 0 Å². The summed E-state index contributed by atoms with van der Waals surface area (Å²) in [5.74, 6) is 0.544. The van der Waals surface area contributed by atoms with Gasteiger partial charge in [-0.3, -0.25) is 9.59 Å². The molecule has 2 amide bonds. The lowest BCUT2D eigenvalue weighted by Gasteiger charge is -2.32. The Kier molecular flexibility index (Phi) is 5.59. The third-order valence-corrected chi connectivity index (χ3v) is 5.53. The van der Waals surface area contributed by atoms with Gasteiger partial charge in [0.25, 0.3) is 0 Å². The van der Waals surface area contributed by atoms with Gasteiger partial charge in [-0.25, -0.2) is 15.2 Å². The first-order chi connectivity index (χ1) is 14.0. The molecule has 2 aliphatic rings. The van der Waals surface area contributed by atoms with Crippen LogP contribution < -0.4 is 16.2 Å². The minimum absolute atomic E-state index is 0.0214. The van der Waals surface area contributed by atoms with Gasteiger partial charge in [0.2, 0.25) is 11.8 Å². The number of hydrogen-bond donors (Lipinski definition) is 3. The van der Waals surface area contributed by atoms with E-state index in [9.17, 15) is 14.0 Å². The van der Waals surface area contributed by atoms with E-state index in [1.165, 1.54) is 12.1 Å².